The fourth-order valence-corrected chi connectivity index (χ4v) is 4.80. The number of fused-ring (bicyclic) bond motifs is 1. The molecule has 0 aliphatic heterocycles. The molecule has 1 saturated carbocycles. The van der Waals surface area contributed by atoms with Gasteiger partial charge in [-0.2, -0.15) is 5.10 Å². The Hall–Kier alpha value is -2.30. The summed E-state index contributed by atoms with van der Waals surface area (Å²) in [4.78, 5) is 23.5. The normalized spacial score (nSPS) is 19.2. The highest BCUT2D eigenvalue weighted by Gasteiger charge is 2.41. The van der Waals surface area contributed by atoms with Crippen molar-refractivity contribution in [3.63, 3.8) is 0 Å². The van der Waals surface area contributed by atoms with Crippen molar-refractivity contribution in [3.05, 3.63) is 23.8 Å². The molecule has 11 heteroatoms. The molecule has 1 N–H and O–H groups in total. The quantitative estimate of drug-likeness (QED) is 0.343. The highest BCUT2D eigenvalue weighted by atomic mass is 19.3. The lowest BCUT2D eigenvalue weighted by Gasteiger charge is -2.42. The third kappa shape index (κ3) is 6.72. The van der Waals surface area contributed by atoms with E-state index in [0.717, 1.165) is 19.2 Å². The lowest BCUT2D eigenvalue weighted by atomic mass is 9.84. The summed E-state index contributed by atoms with van der Waals surface area (Å²) in [5, 5.41) is 7.68. The second kappa shape index (κ2) is 11.0. The lowest BCUT2D eigenvalue weighted by molar-refractivity contribution is -0.139. The summed E-state index contributed by atoms with van der Waals surface area (Å²) in [5.41, 5.74) is 0.187. The Balaban J connectivity index is 1.90. The molecule has 0 spiro atoms. The summed E-state index contributed by atoms with van der Waals surface area (Å²) in [6.07, 6.45) is 4.99. The van der Waals surface area contributed by atoms with E-state index in [4.69, 9.17) is 4.98 Å². The molecule has 1 aliphatic rings. The summed E-state index contributed by atoms with van der Waals surface area (Å²) in [7, 11) is 0. The van der Waals surface area contributed by atoms with Gasteiger partial charge in [0.25, 0.3) is 5.78 Å². The Labute approximate surface area is 210 Å². The number of hydrogen-bond donors (Lipinski definition) is 1. The first-order valence-electron chi connectivity index (χ1n) is 12.7. The van der Waals surface area contributed by atoms with E-state index in [1.165, 1.54) is 23.3 Å². The number of carbonyl (C=O) groups is 1. The van der Waals surface area contributed by atoms with Gasteiger partial charge < -0.3 is 10.2 Å². The Morgan fingerprint density at radius 1 is 1.28 bits per heavy atom. The summed E-state index contributed by atoms with van der Waals surface area (Å²) in [6, 6.07) is 0. The third-order valence-electron chi connectivity index (χ3n) is 7.47. The number of aromatic nitrogens is 4. The number of imidazole rings is 1. The minimum atomic E-state index is -2.95. The number of halogens is 4. The molecule has 1 amide bonds. The van der Waals surface area contributed by atoms with Crippen molar-refractivity contribution in [3.8, 4) is 0 Å². The summed E-state index contributed by atoms with van der Waals surface area (Å²) >= 11 is 0. The van der Waals surface area contributed by atoms with Crippen LogP contribution in [0.2, 0.25) is 0 Å². The maximum atomic E-state index is 14.0. The number of nitrogens with zero attached hydrogens (tertiary/aromatic N) is 5. The predicted octanol–water partition coefficient (Wildman–Crippen LogP) is 4.85. The third-order valence-corrected chi connectivity index (χ3v) is 7.47. The zero-order chi connectivity index (χ0) is 26.7. The van der Waals surface area contributed by atoms with Gasteiger partial charge in [-0.1, -0.05) is 13.8 Å². The van der Waals surface area contributed by atoms with Crippen molar-refractivity contribution in [2.24, 2.45) is 11.8 Å². The van der Waals surface area contributed by atoms with E-state index in [9.17, 15) is 22.4 Å². The second-order valence-electron chi connectivity index (χ2n) is 10.5. The zero-order valence-corrected chi connectivity index (χ0v) is 21.8. The zero-order valence-electron chi connectivity index (χ0n) is 21.8. The number of amides is 1. The fourth-order valence-electron chi connectivity index (χ4n) is 4.80. The molecule has 2 atom stereocenters. The average Bonchev–Trinajstić information content (AvgIpc) is 3.19. The van der Waals surface area contributed by atoms with Gasteiger partial charge in [0.2, 0.25) is 17.8 Å². The molecule has 0 radical (unpaired) electrons. The number of rotatable bonds is 11. The first-order chi connectivity index (χ1) is 16.7. The maximum absolute atomic E-state index is 14.0. The summed E-state index contributed by atoms with van der Waals surface area (Å²) in [6.45, 7) is 8.58. The topological polar surface area (TPSA) is 75.4 Å². The van der Waals surface area contributed by atoms with E-state index < -0.39 is 23.3 Å². The van der Waals surface area contributed by atoms with Crippen LogP contribution in [0.5, 0.6) is 0 Å². The smallest absolute Gasteiger partial charge is 0.251 e. The van der Waals surface area contributed by atoms with Gasteiger partial charge in [-0.25, -0.2) is 32.0 Å². The molecule has 0 bridgehead atoms. The Kier molecular flexibility index (Phi) is 8.63. The first kappa shape index (κ1) is 28.3. The van der Waals surface area contributed by atoms with E-state index in [-0.39, 0.29) is 31.2 Å². The van der Waals surface area contributed by atoms with Gasteiger partial charge in [-0.05, 0) is 58.5 Å². The molecule has 1 aliphatic carbocycles. The molecule has 0 aromatic carbocycles. The maximum Gasteiger partial charge on any atom is 0.251 e. The molecule has 2 aromatic heterocycles. The average molecular weight is 515 g/mol. The molecular weight excluding hydrogens is 476 g/mol. The van der Waals surface area contributed by atoms with E-state index in [1.54, 1.807) is 12.4 Å². The first-order valence-corrected chi connectivity index (χ1v) is 12.7. The molecule has 1 fully saturated rings. The van der Waals surface area contributed by atoms with Crippen LogP contribution in [-0.4, -0.2) is 61.9 Å². The standard InChI is InChI=1S/C25H38F4N6O/c1-6-30-12-11-23(4,34(18(3)36)15-17(2)24(5,26)27)21-14-31-35-16-20(32-22(35)33-21)13-19-7-9-25(28,29)10-8-19/h14,16-17,19,30H,6-13,15H2,1-5H3. The van der Waals surface area contributed by atoms with Gasteiger partial charge in [0.05, 0.1) is 29.3 Å². The van der Waals surface area contributed by atoms with Crippen molar-refractivity contribution in [1.82, 2.24) is 29.8 Å². The molecule has 2 heterocycles. The van der Waals surface area contributed by atoms with Crippen LogP contribution in [0.4, 0.5) is 17.6 Å². The molecule has 202 valence electrons. The number of nitrogens with one attached hydrogen (secondary N) is 1. The SMILES string of the molecule is CCNCCC(C)(c1cnn2cc(CC3CCC(F)(F)CC3)nc2n1)N(CC(C)C(C)(F)F)C(C)=O. The van der Waals surface area contributed by atoms with Crippen molar-refractivity contribution >= 4 is 11.7 Å². The van der Waals surface area contributed by atoms with E-state index in [1.807, 2.05) is 13.8 Å². The predicted molar refractivity (Wildman–Crippen MR) is 129 cm³/mol. The lowest BCUT2D eigenvalue weighted by Crippen LogP contribution is -2.52. The molecule has 0 saturated heterocycles. The number of alkyl halides is 4. The van der Waals surface area contributed by atoms with Crippen LogP contribution >= 0.6 is 0 Å². The van der Waals surface area contributed by atoms with E-state index in [2.05, 4.69) is 15.4 Å². The Morgan fingerprint density at radius 2 is 1.94 bits per heavy atom. The van der Waals surface area contributed by atoms with Gasteiger partial charge >= 0.3 is 0 Å². The van der Waals surface area contributed by atoms with Gasteiger partial charge in [-0.15, -0.1) is 0 Å². The monoisotopic (exact) mass is 514 g/mol. The second-order valence-corrected chi connectivity index (χ2v) is 10.5. The van der Waals surface area contributed by atoms with Crippen molar-refractivity contribution in [1.29, 1.82) is 0 Å². The highest BCUT2D eigenvalue weighted by Crippen LogP contribution is 2.38. The van der Waals surface area contributed by atoms with Gasteiger partial charge in [0.1, 0.15) is 0 Å². The molecule has 3 rings (SSSR count). The number of hydrogen-bond acceptors (Lipinski definition) is 5. The molecular formula is C25H38F4N6O. The van der Waals surface area contributed by atoms with Gasteiger partial charge in [0, 0.05) is 32.2 Å². The van der Waals surface area contributed by atoms with Crippen molar-refractivity contribution < 1.29 is 22.4 Å². The van der Waals surface area contributed by atoms with E-state index >= 15 is 0 Å². The minimum Gasteiger partial charge on any atom is -0.331 e. The van der Waals surface area contributed by atoms with Crippen LogP contribution < -0.4 is 5.32 Å². The van der Waals surface area contributed by atoms with Gasteiger partial charge in [-0.3, -0.25) is 4.79 Å². The largest absolute Gasteiger partial charge is 0.331 e. The fraction of sp³-hybridized carbons (Fsp3) is 0.760. The Morgan fingerprint density at radius 3 is 2.53 bits per heavy atom. The molecule has 2 unspecified atom stereocenters. The van der Waals surface area contributed by atoms with Gasteiger partial charge in [0.15, 0.2) is 0 Å². The van der Waals surface area contributed by atoms with Crippen LogP contribution in [0.25, 0.3) is 5.78 Å². The van der Waals surface area contributed by atoms with Crippen molar-refractivity contribution in [2.75, 3.05) is 19.6 Å². The van der Waals surface area contributed by atoms with Crippen LogP contribution in [0.3, 0.4) is 0 Å². The van der Waals surface area contributed by atoms with Crippen LogP contribution in [0, 0.1) is 11.8 Å². The van der Waals surface area contributed by atoms with Crippen molar-refractivity contribution in [2.45, 2.75) is 90.5 Å². The van der Waals surface area contributed by atoms with Crippen LogP contribution in [0.1, 0.15) is 78.1 Å². The minimum absolute atomic E-state index is 0.105. The summed E-state index contributed by atoms with van der Waals surface area (Å²) in [5.74, 6) is -6.46. The highest BCUT2D eigenvalue weighted by molar-refractivity contribution is 5.74. The summed E-state index contributed by atoms with van der Waals surface area (Å²) < 4.78 is 56.6. The van der Waals surface area contributed by atoms with Crippen LogP contribution in [0.15, 0.2) is 12.4 Å². The molecule has 7 nitrogen and oxygen atoms in total. The molecule has 36 heavy (non-hydrogen) atoms. The molecule has 2 aromatic rings. The Bertz CT molecular complexity index is 1030. The van der Waals surface area contributed by atoms with E-state index in [0.29, 0.717) is 43.7 Å². The van der Waals surface area contributed by atoms with Crippen LogP contribution in [-0.2, 0) is 16.8 Å². The number of carbonyl (C=O) groups excluding carboxylic acids is 1.